The zero-order valence-electron chi connectivity index (χ0n) is 10.8. The van der Waals surface area contributed by atoms with Gasteiger partial charge in [0.05, 0.1) is 5.75 Å². The van der Waals surface area contributed by atoms with Crippen LogP contribution in [0.4, 0.5) is 0 Å². The van der Waals surface area contributed by atoms with Crippen molar-refractivity contribution in [1.82, 2.24) is 14.9 Å². The molecule has 0 rings (SSSR count). The predicted octanol–water partition coefficient (Wildman–Crippen LogP) is -0.144. The first kappa shape index (κ1) is 15.8. The van der Waals surface area contributed by atoms with Crippen LogP contribution in [0.1, 0.15) is 20.8 Å². The van der Waals surface area contributed by atoms with Crippen LogP contribution in [0.15, 0.2) is 0 Å². The van der Waals surface area contributed by atoms with E-state index in [1.165, 1.54) is 0 Å². The molecule has 5 nitrogen and oxygen atoms in total. The number of nitrogens with one attached hydrogen (secondary N) is 2. The van der Waals surface area contributed by atoms with Crippen LogP contribution in [0.25, 0.3) is 0 Å². The van der Waals surface area contributed by atoms with Crippen molar-refractivity contribution >= 4 is 10.0 Å². The number of nitrogens with zero attached hydrogens (tertiary/aromatic N) is 1. The van der Waals surface area contributed by atoms with Gasteiger partial charge in [-0.25, -0.2) is 13.1 Å². The molecule has 0 aromatic heterocycles. The summed E-state index contributed by atoms with van der Waals surface area (Å²) in [5, 5.41) is 2.83. The minimum Gasteiger partial charge on any atom is -0.319 e. The van der Waals surface area contributed by atoms with Gasteiger partial charge < -0.3 is 10.2 Å². The molecule has 6 heteroatoms. The van der Waals surface area contributed by atoms with Crippen LogP contribution in [0.3, 0.4) is 0 Å². The van der Waals surface area contributed by atoms with Gasteiger partial charge in [-0.3, -0.25) is 0 Å². The Balaban J connectivity index is 4.07. The summed E-state index contributed by atoms with van der Waals surface area (Å²) in [6.07, 6.45) is 0. The van der Waals surface area contributed by atoms with Gasteiger partial charge in [-0.2, -0.15) is 0 Å². The lowest BCUT2D eigenvalue weighted by molar-refractivity contribution is 0.282. The fraction of sp³-hybridized carbons (Fsp3) is 1.00. The lowest BCUT2D eigenvalue weighted by atomic mass is 10.3. The van der Waals surface area contributed by atoms with E-state index in [0.29, 0.717) is 6.54 Å². The van der Waals surface area contributed by atoms with Gasteiger partial charge >= 0.3 is 0 Å². The maximum atomic E-state index is 11.6. The zero-order valence-corrected chi connectivity index (χ0v) is 11.6. The summed E-state index contributed by atoms with van der Waals surface area (Å²) in [6, 6.07) is -0.0400. The van der Waals surface area contributed by atoms with E-state index in [0.717, 1.165) is 19.6 Å². The largest absolute Gasteiger partial charge is 0.319 e. The summed E-state index contributed by atoms with van der Waals surface area (Å²) < 4.78 is 25.9. The summed E-state index contributed by atoms with van der Waals surface area (Å²) in [5.74, 6) is 0.131. The molecule has 16 heavy (non-hydrogen) atoms. The highest BCUT2D eigenvalue weighted by atomic mass is 32.2. The Labute approximate surface area is 99.6 Å². The highest BCUT2D eigenvalue weighted by Gasteiger charge is 2.15. The van der Waals surface area contributed by atoms with E-state index in [9.17, 15) is 8.42 Å². The van der Waals surface area contributed by atoms with E-state index in [1.54, 1.807) is 7.05 Å². The molecule has 0 spiro atoms. The third kappa shape index (κ3) is 7.16. The molecule has 0 aliphatic heterocycles. The first-order chi connectivity index (χ1) is 7.45. The smallest absolute Gasteiger partial charge is 0.213 e. The molecule has 0 amide bonds. The van der Waals surface area contributed by atoms with Gasteiger partial charge in [0.25, 0.3) is 0 Å². The van der Waals surface area contributed by atoms with Gasteiger partial charge in [-0.05, 0) is 27.1 Å². The van der Waals surface area contributed by atoms with Crippen LogP contribution in [-0.2, 0) is 10.0 Å². The van der Waals surface area contributed by atoms with Crippen molar-refractivity contribution in [3.05, 3.63) is 0 Å². The Morgan fingerprint density at radius 3 is 2.25 bits per heavy atom. The number of rotatable bonds is 9. The molecule has 0 saturated carbocycles. The van der Waals surface area contributed by atoms with Gasteiger partial charge in [0.15, 0.2) is 0 Å². The number of sulfonamides is 1. The molecule has 2 N–H and O–H groups in total. The Bertz CT molecular complexity index is 263. The van der Waals surface area contributed by atoms with Crippen LogP contribution in [0.2, 0.25) is 0 Å². The van der Waals surface area contributed by atoms with Gasteiger partial charge in [0.2, 0.25) is 10.0 Å². The SMILES string of the molecule is CCN(CC)CC(C)NS(=O)(=O)CCNC. The van der Waals surface area contributed by atoms with Crippen molar-refractivity contribution in [2.75, 3.05) is 39.0 Å². The molecule has 0 heterocycles. The summed E-state index contributed by atoms with van der Waals surface area (Å²) in [7, 11) is -1.40. The fourth-order valence-electron chi connectivity index (χ4n) is 1.51. The van der Waals surface area contributed by atoms with E-state index in [-0.39, 0.29) is 11.8 Å². The summed E-state index contributed by atoms with van der Waals surface area (Å²) in [4.78, 5) is 2.20. The summed E-state index contributed by atoms with van der Waals surface area (Å²) in [5.41, 5.74) is 0. The highest BCUT2D eigenvalue weighted by molar-refractivity contribution is 7.89. The Morgan fingerprint density at radius 2 is 1.81 bits per heavy atom. The Kier molecular flexibility index (Phi) is 7.91. The molecule has 0 bridgehead atoms. The second-order valence-corrected chi connectivity index (χ2v) is 5.80. The normalized spacial score (nSPS) is 14.3. The zero-order chi connectivity index (χ0) is 12.6. The van der Waals surface area contributed by atoms with Crippen molar-refractivity contribution in [3.8, 4) is 0 Å². The van der Waals surface area contributed by atoms with E-state index in [2.05, 4.69) is 28.8 Å². The predicted molar refractivity (Wildman–Crippen MR) is 68.1 cm³/mol. The average molecular weight is 251 g/mol. The van der Waals surface area contributed by atoms with Crippen LogP contribution in [-0.4, -0.2) is 58.3 Å². The first-order valence-corrected chi connectivity index (χ1v) is 7.47. The molecule has 0 saturated heterocycles. The molecule has 0 aliphatic carbocycles. The van der Waals surface area contributed by atoms with E-state index >= 15 is 0 Å². The molecule has 1 atom stereocenters. The number of hydrogen-bond acceptors (Lipinski definition) is 4. The molecule has 0 radical (unpaired) electrons. The van der Waals surface area contributed by atoms with Gasteiger partial charge in [0.1, 0.15) is 0 Å². The van der Waals surface area contributed by atoms with Crippen molar-refractivity contribution in [2.24, 2.45) is 0 Å². The monoisotopic (exact) mass is 251 g/mol. The molecule has 0 aromatic carbocycles. The maximum absolute atomic E-state index is 11.6. The fourth-order valence-corrected chi connectivity index (χ4v) is 2.79. The molecule has 98 valence electrons. The van der Waals surface area contributed by atoms with Gasteiger partial charge in [-0.15, -0.1) is 0 Å². The average Bonchev–Trinajstić information content (AvgIpc) is 2.22. The lowest BCUT2D eigenvalue weighted by Crippen LogP contribution is -2.43. The second-order valence-electron chi connectivity index (χ2n) is 3.93. The van der Waals surface area contributed by atoms with Gasteiger partial charge in [-0.1, -0.05) is 13.8 Å². The molecule has 0 aliphatic rings. The van der Waals surface area contributed by atoms with Crippen molar-refractivity contribution in [3.63, 3.8) is 0 Å². The van der Waals surface area contributed by atoms with E-state index < -0.39 is 10.0 Å². The minimum atomic E-state index is -3.14. The molecule has 1 unspecified atom stereocenters. The Hall–Kier alpha value is -0.170. The van der Waals surface area contributed by atoms with Crippen molar-refractivity contribution in [2.45, 2.75) is 26.8 Å². The maximum Gasteiger partial charge on any atom is 0.213 e. The van der Waals surface area contributed by atoms with Crippen LogP contribution in [0.5, 0.6) is 0 Å². The van der Waals surface area contributed by atoms with E-state index in [1.807, 2.05) is 6.92 Å². The molecular weight excluding hydrogens is 226 g/mol. The van der Waals surface area contributed by atoms with Gasteiger partial charge in [0, 0.05) is 19.1 Å². The van der Waals surface area contributed by atoms with Crippen LogP contribution < -0.4 is 10.0 Å². The highest BCUT2D eigenvalue weighted by Crippen LogP contribution is 1.94. The minimum absolute atomic E-state index is 0.0400. The van der Waals surface area contributed by atoms with Crippen molar-refractivity contribution < 1.29 is 8.42 Å². The number of hydrogen-bond donors (Lipinski definition) is 2. The summed E-state index contributed by atoms with van der Waals surface area (Å²) in [6.45, 7) is 9.17. The molecule has 0 fully saturated rings. The topological polar surface area (TPSA) is 61.4 Å². The van der Waals surface area contributed by atoms with Crippen molar-refractivity contribution in [1.29, 1.82) is 0 Å². The van der Waals surface area contributed by atoms with Crippen LogP contribution in [0, 0.1) is 0 Å². The summed E-state index contributed by atoms with van der Waals surface area (Å²) >= 11 is 0. The lowest BCUT2D eigenvalue weighted by Gasteiger charge is -2.23. The first-order valence-electron chi connectivity index (χ1n) is 5.82. The third-order valence-electron chi connectivity index (χ3n) is 2.43. The molecule has 0 aromatic rings. The quantitative estimate of drug-likeness (QED) is 0.598. The number of likely N-dealkylation sites (N-methyl/N-ethyl adjacent to an activating group) is 1. The third-order valence-corrected chi connectivity index (χ3v) is 3.93. The Morgan fingerprint density at radius 1 is 1.25 bits per heavy atom. The molecular formula is C10H25N3O2S. The van der Waals surface area contributed by atoms with Crippen LogP contribution >= 0.6 is 0 Å². The second kappa shape index (κ2) is 8.00. The standard InChI is InChI=1S/C10H25N3O2S/c1-5-13(6-2)9-10(3)12-16(14,15)8-7-11-4/h10-12H,5-9H2,1-4H3. The van der Waals surface area contributed by atoms with E-state index in [4.69, 9.17) is 0 Å².